The van der Waals surface area contributed by atoms with Crippen molar-refractivity contribution in [1.29, 1.82) is 0 Å². The number of benzene rings is 1. The molecule has 0 aromatic heterocycles. The van der Waals surface area contributed by atoms with Crippen LogP contribution in [0.4, 0.5) is 0 Å². The Balaban J connectivity index is 3.09. The van der Waals surface area contributed by atoms with E-state index in [1.165, 1.54) is 6.07 Å². The summed E-state index contributed by atoms with van der Waals surface area (Å²) in [6, 6.07) is 4.99. The fourth-order valence-corrected chi connectivity index (χ4v) is 1.51. The van der Waals surface area contributed by atoms with Gasteiger partial charge in [-0.3, -0.25) is 4.79 Å². The second kappa shape index (κ2) is 4.60. The van der Waals surface area contributed by atoms with Gasteiger partial charge in [-0.05, 0) is 37.1 Å². The number of hydrogen-bond acceptors (Lipinski definition) is 2. The van der Waals surface area contributed by atoms with E-state index >= 15 is 0 Å². The molecule has 1 aromatic rings. The van der Waals surface area contributed by atoms with Gasteiger partial charge in [-0.1, -0.05) is 22.9 Å². The number of hydrogen-bond donors (Lipinski definition) is 1. The highest BCUT2D eigenvalue weighted by Gasteiger charge is 2.13. The van der Waals surface area contributed by atoms with Crippen LogP contribution in [-0.4, -0.2) is 15.7 Å². The van der Waals surface area contributed by atoms with Crippen LogP contribution in [0.3, 0.4) is 0 Å². The van der Waals surface area contributed by atoms with Gasteiger partial charge in [-0.15, -0.1) is 0 Å². The van der Waals surface area contributed by atoms with Crippen molar-refractivity contribution in [1.82, 2.24) is 0 Å². The number of alkyl halides is 1. The van der Waals surface area contributed by atoms with Gasteiger partial charge in [0.2, 0.25) is 0 Å². The van der Waals surface area contributed by atoms with Crippen molar-refractivity contribution in [3.05, 3.63) is 29.3 Å². The molecule has 0 aliphatic carbocycles. The molecule has 0 fully saturated rings. The number of halogens is 1. The Morgan fingerprint density at radius 3 is 2.64 bits per heavy atom. The summed E-state index contributed by atoms with van der Waals surface area (Å²) in [7, 11) is 0. The van der Waals surface area contributed by atoms with E-state index < -0.39 is 0 Å². The Kier molecular flexibility index (Phi) is 3.69. The highest BCUT2D eigenvalue weighted by atomic mass is 79.9. The number of rotatable bonds is 3. The van der Waals surface area contributed by atoms with E-state index in [4.69, 9.17) is 0 Å². The van der Waals surface area contributed by atoms with Crippen molar-refractivity contribution < 1.29 is 9.90 Å². The summed E-state index contributed by atoms with van der Waals surface area (Å²) in [5.41, 5.74) is 1.53. The van der Waals surface area contributed by atoms with E-state index in [2.05, 4.69) is 15.9 Å². The summed E-state index contributed by atoms with van der Waals surface area (Å²) < 4.78 is 0. The van der Waals surface area contributed by atoms with Crippen molar-refractivity contribution in [2.75, 3.05) is 0 Å². The Morgan fingerprint density at radius 2 is 2.14 bits per heavy atom. The molecule has 14 heavy (non-hydrogen) atoms. The number of carbonyl (C=O) groups is 1. The third-order valence-electron chi connectivity index (χ3n) is 2.03. The molecular formula is C11H13BrO2. The first-order chi connectivity index (χ1) is 6.54. The standard InChI is InChI=1S/C11H13BrO2/c1-3-8-4-9(6-10(13)5-8)11(14)7(2)12/h4-7,13H,3H2,1-2H3. The van der Waals surface area contributed by atoms with Crippen LogP contribution in [0.15, 0.2) is 18.2 Å². The number of phenolic OH excluding ortho intramolecular Hbond substituents is 1. The Hall–Kier alpha value is -0.830. The van der Waals surface area contributed by atoms with Crippen LogP contribution >= 0.6 is 15.9 Å². The van der Waals surface area contributed by atoms with Crippen molar-refractivity contribution in [3.8, 4) is 5.75 Å². The first-order valence-corrected chi connectivity index (χ1v) is 5.47. The van der Waals surface area contributed by atoms with Crippen molar-refractivity contribution in [3.63, 3.8) is 0 Å². The molecule has 0 saturated heterocycles. The quantitative estimate of drug-likeness (QED) is 0.667. The van der Waals surface area contributed by atoms with Gasteiger partial charge in [0.15, 0.2) is 5.78 Å². The lowest BCUT2D eigenvalue weighted by atomic mass is 10.0. The number of aryl methyl sites for hydroxylation is 1. The maximum atomic E-state index is 11.6. The minimum absolute atomic E-state index is 0.00407. The van der Waals surface area contributed by atoms with Crippen LogP contribution in [0.1, 0.15) is 29.8 Å². The third-order valence-corrected chi connectivity index (χ3v) is 2.45. The average molecular weight is 257 g/mol. The summed E-state index contributed by atoms with van der Waals surface area (Å²) in [6.07, 6.45) is 0.811. The SMILES string of the molecule is CCc1cc(O)cc(C(=O)C(C)Br)c1. The molecule has 1 atom stereocenters. The molecule has 0 saturated carbocycles. The molecule has 1 aromatic carbocycles. The van der Waals surface area contributed by atoms with Crippen LogP contribution in [0.25, 0.3) is 0 Å². The average Bonchev–Trinajstić information content (AvgIpc) is 2.15. The zero-order chi connectivity index (χ0) is 10.7. The first-order valence-electron chi connectivity index (χ1n) is 4.55. The van der Waals surface area contributed by atoms with Crippen molar-refractivity contribution >= 4 is 21.7 Å². The molecule has 2 nitrogen and oxygen atoms in total. The fraction of sp³-hybridized carbons (Fsp3) is 0.364. The molecule has 3 heteroatoms. The lowest BCUT2D eigenvalue weighted by molar-refractivity contribution is 0.0995. The third kappa shape index (κ3) is 2.58. The van der Waals surface area contributed by atoms with Crippen LogP contribution in [0.5, 0.6) is 5.75 Å². The van der Waals surface area contributed by atoms with Gasteiger partial charge < -0.3 is 5.11 Å². The van der Waals surface area contributed by atoms with E-state index in [1.807, 2.05) is 13.0 Å². The minimum atomic E-state index is -0.214. The van der Waals surface area contributed by atoms with Gasteiger partial charge in [0.1, 0.15) is 5.75 Å². The van der Waals surface area contributed by atoms with Crippen molar-refractivity contribution in [2.45, 2.75) is 25.1 Å². The Morgan fingerprint density at radius 1 is 1.50 bits per heavy atom. The smallest absolute Gasteiger partial charge is 0.176 e. The van der Waals surface area contributed by atoms with Crippen LogP contribution in [0, 0.1) is 0 Å². The number of Topliss-reactive ketones (excluding diaryl/α,β-unsaturated/α-hetero) is 1. The molecule has 0 radical (unpaired) electrons. The predicted octanol–water partition coefficient (Wildman–Crippen LogP) is 2.92. The van der Waals surface area contributed by atoms with Gasteiger partial charge in [-0.25, -0.2) is 0 Å². The van der Waals surface area contributed by atoms with Crippen LogP contribution < -0.4 is 0 Å². The molecule has 1 unspecified atom stereocenters. The normalized spacial score (nSPS) is 12.5. The summed E-state index contributed by atoms with van der Waals surface area (Å²) in [5, 5.41) is 9.39. The zero-order valence-electron chi connectivity index (χ0n) is 8.25. The summed E-state index contributed by atoms with van der Waals surface area (Å²) in [5.74, 6) is 0.149. The molecule has 1 N–H and O–H groups in total. The van der Waals surface area contributed by atoms with Gasteiger partial charge in [0, 0.05) is 5.56 Å². The summed E-state index contributed by atoms with van der Waals surface area (Å²) >= 11 is 3.22. The number of carbonyl (C=O) groups excluding carboxylic acids is 1. The molecule has 1 rings (SSSR count). The van der Waals surface area contributed by atoms with E-state index in [9.17, 15) is 9.90 Å². The lowest BCUT2D eigenvalue weighted by Gasteiger charge is -2.05. The Bertz CT molecular complexity index is 345. The van der Waals surface area contributed by atoms with Gasteiger partial charge in [0.25, 0.3) is 0 Å². The minimum Gasteiger partial charge on any atom is -0.508 e. The van der Waals surface area contributed by atoms with Gasteiger partial charge in [-0.2, -0.15) is 0 Å². The molecule has 0 aliphatic rings. The van der Waals surface area contributed by atoms with Crippen LogP contribution in [-0.2, 0) is 6.42 Å². The maximum Gasteiger partial charge on any atom is 0.176 e. The molecule has 0 amide bonds. The van der Waals surface area contributed by atoms with E-state index in [0.29, 0.717) is 5.56 Å². The van der Waals surface area contributed by atoms with Gasteiger partial charge in [0.05, 0.1) is 4.83 Å². The molecular weight excluding hydrogens is 244 g/mol. The summed E-state index contributed by atoms with van der Waals surface area (Å²) in [6.45, 7) is 3.76. The number of aromatic hydroxyl groups is 1. The largest absolute Gasteiger partial charge is 0.508 e. The van der Waals surface area contributed by atoms with E-state index in [1.54, 1.807) is 13.0 Å². The molecule has 0 spiro atoms. The van der Waals surface area contributed by atoms with Gasteiger partial charge >= 0.3 is 0 Å². The number of ketones is 1. The second-order valence-corrected chi connectivity index (χ2v) is 4.60. The molecule has 0 bridgehead atoms. The predicted molar refractivity (Wildman–Crippen MR) is 60.2 cm³/mol. The second-order valence-electron chi connectivity index (χ2n) is 3.22. The summed E-state index contributed by atoms with van der Waals surface area (Å²) in [4.78, 5) is 11.4. The van der Waals surface area contributed by atoms with Crippen LogP contribution in [0.2, 0.25) is 0 Å². The number of phenols is 1. The monoisotopic (exact) mass is 256 g/mol. The molecule has 0 heterocycles. The maximum absolute atomic E-state index is 11.6. The molecule has 76 valence electrons. The highest BCUT2D eigenvalue weighted by molar-refractivity contribution is 9.10. The topological polar surface area (TPSA) is 37.3 Å². The lowest BCUT2D eigenvalue weighted by Crippen LogP contribution is -2.10. The fourth-order valence-electron chi connectivity index (χ4n) is 1.25. The highest BCUT2D eigenvalue weighted by Crippen LogP contribution is 2.19. The van der Waals surface area contributed by atoms with E-state index in [0.717, 1.165) is 12.0 Å². The van der Waals surface area contributed by atoms with E-state index in [-0.39, 0.29) is 16.4 Å². The van der Waals surface area contributed by atoms with Crippen molar-refractivity contribution in [2.24, 2.45) is 0 Å². The Labute approximate surface area is 92.1 Å². The zero-order valence-corrected chi connectivity index (χ0v) is 9.84. The first kappa shape index (κ1) is 11.2. The molecule has 0 aliphatic heterocycles.